The summed E-state index contributed by atoms with van der Waals surface area (Å²) < 4.78 is 36.2. The number of nitrogens with two attached hydrogens (primary N) is 1. The van der Waals surface area contributed by atoms with E-state index in [1.165, 1.54) is 0 Å². The zero-order valence-corrected chi connectivity index (χ0v) is 18.0. The molecule has 0 atom stereocenters. The SMILES string of the molecule is Nc1cc2nc3ccccc3[n+](-c3ccccc3)c2cc1Nc1ccccc1.[O-][Cl+3]([O-])([O-])[O-]. The maximum Gasteiger partial charge on any atom is 0.239 e. The summed E-state index contributed by atoms with van der Waals surface area (Å²) in [6.45, 7) is 0. The molecule has 0 aliphatic rings. The summed E-state index contributed by atoms with van der Waals surface area (Å²) in [6.07, 6.45) is 0. The molecule has 5 aromatic rings. The van der Waals surface area contributed by atoms with Gasteiger partial charge in [-0.1, -0.05) is 48.5 Å². The number of anilines is 3. The molecular weight excluding hydrogens is 444 g/mol. The molecule has 0 bridgehead atoms. The number of nitrogens with zero attached hydrogens (tertiary/aromatic N) is 2. The quantitative estimate of drug-likeness (QED) is 0.221. The molecule has 0 spiro atoms. The molecule has 0 aliphatic heterocycles. The standard InChI is InChI=1S/C24H18N4.ClHO4/c25-19-15-22-24(16-21(19)26-17-9-3-1-4-10-17)28(18-11-5-2-6-12-18)23-14-8-7-13-20(23)27-22;2-1(3,4)5/h1-16H,(H2,25,27);(H,2,3,4,5). The molecule has 0 radical (unpaired) electrons. The van der Waals surface area contributed by atoms with Gasteiger partial charge in [0.2, 0.25) is 16.7 Å². The number of nitrogen functional groups attached to an aromatic ring is 1. The summed E-state index contributed by atoms with van der Waals surface area (Å²) in [6, 6.07) is 32.5. The van der Waals surface area contributed by atoms with E-state index in [-0.39, 0.29) is 0 Å². The molecule has 0 saturated heterocycles. The monoisotopic (exact) mass is 462 g/mol. The molecule has 8 nitrogen and oxygen atoms in total. The minimum absolute atomic E-state index is 0.666. The number of para-hydroxylation sites is 4. The third-order valence-corrected chi connectivity index (χ3v) is 4.82. The third kappa shape index (κ3) is 5.53. The zero-order chi connectivity index (χ0) is 23.4. The second-order valence-corrected chi connectivity index (χ2v) is 7.82. The van der Waals surface area contributed by atoms with E-state index >= 15 is 0 Å². The summed E-state index contributed by atoms with van der Waals surface area (Å²) in [5, 5.41) is 3.42. The predicted octanol–water partition coefficient (Wildman–Crippen LogP) is 0.234. The number of halogens is 1. The van der Waals surface area contributed by atoms with Crippen LogP contribution in [0.4, 0.5) is 17.1 Å². The predicted molar refractivity (Wildman–Crippen MR) is 115 cm³/mol. The van der Waals surface area contributed by atoms with Gasteiger partial charge in [-0.3, -0.25) is 0 Å². The molecule has 1 aromatic heterocycles. The maximum atomic E-state index is 8.49. The normalized spacial score (nSPS) is 11.2. The summed E-state index contributed by atoms with van der Waals surface area (Å²) in [5.41, 5.74) is 13.8. The van der Waals surface area contributed by atoms with Gasteiger partial charge in [-0.2, -0.15) is 0 Å². The largest absolute Gasteiger partial charge is 0.397 e. The van der Waals surface area contributed by atoms with Gasteiger partial charge in [-0.15, -0.1) is 14.8 Å². The highest BCUT2D eigenvalue weighted by Crippen LogP contribution is 2.28. The lowest BCUT2D eigenvalue weighted by Crippen LogP contribution is -2.68. The van der Waals surface area contributed by atoms with Crippen LogP contribution in [0.3, 0.4) is 0 Å². The van der Waals surface area contributed by atoms with Gasteiger partial charge in [-0.25, -0.2) is 23.6 Å². The fourth-order valence-electron chi connectivity index (χ4n) is 3.51. The van der Waals surface area contributed by atoms with Crippen molar-refractivity contribution in [1.82, 2.24) is 4.98 Å². The number of nitrogens with one attached hydrogen (secondary N) is 1. The number of fused-ring (bicyclic) bond motifs is 2. The molecule has 0 saturated carbocycles. The molecule has 9 heteroatoms. The second kappa shape index (κ2) is 9.37. The highest BCUT2D eigenvalue weighted by Gasteiger charge is 2.20. The lowest BCUT2D eigenvalue weighted by Gasteiger charge is -2.17. The number of hydrogen-bond donors (Lipinski definition) is 2. The summed E-state index contributed by atoms with van der Waals surface area (Å²) in [5.74, 6) is 0. The van der Waals surface area contributed by atoms with E-state index in [4.69, 9.17) is 29.4 Å². The molecule has 4 aromatic carbocycles. The topological polar surface area (TPSA) is 147 Å². The summed E-state index contributed by atoms with van der Waals surface area (Å²) >= 11 is 0. The van der Waals surface area contributed by atoms with Crippen LogP contribution in [0, 0.1) is 10.2 Å². The number of aromatic nitrogens is 2. The molecule has 1 heterocycles. The van der Waals surface area contributed by atoms with Crippen molar-refractivity contribution < 1.29 is 33.4 Å². The van der Waals surface area contributed by atoms with Gasteiger partial charge in [0.25, 0.3) is 0 Å². The van der Waals surface area contributed by atoms with Crippen LogP contribution in [0.1, 0.15) is 0 Å². The van der Waals surface area contributed by atoms with E-state index in [1.807, 2.05) is 72.8 Å². The van der Waals surface area contributed by atoms with Crippen LogP contribution in [-0.2, 0) is 0 Å². The first-order valence-corrected chi connectivity index (χ1v) is 11.1. The minimum Gasteiger partial charge on any atom is -0.397 e. The highest BCUT2D eigenvalue weighted by atomic mass is 35.7. The lowest BCUT2D eigenvalue weighted by molar-refractivity contribution is -2.00. The van der Waals surface area contributed by atoms with Gasteiger partial charge in [0.05, 0.1) is 11.4 Å². The molecule has 5 rings (SSSR count). The smallest absolute Gasteiger partial charge is 0.239 e. The first kappa shape index (κ1) is 22.4. The first-order chi connectivity index (χ1) is 15.8. The maximum absolute atomic E-state index is 8.49. The van der Waals surface area contributed by atoms with Crippen molar-refractivity contribution >= 4 is 39.1 Å². The van der Waals surface area contributed by atoms with E-state index in [9.17, 15) is 0 Å². The van der Waals surface area contributed by atoms with Gasteiger partial charge in [0, 0.05) is 30.0 Å². The first-order valence-electron chi connectivity index (χ1n) is 9.83. The van der Waals surface area contributed by atoms with Crippen LogP contribution >= 0.6 is 0 Å². The molecule has 3 N–H and O–H groups in total. The van der Waals surface area contributed by atoms with Crippen LogP contribution in [0.5, 0.6) is 0 Å². The average molecular weight is 463 g/mol. The van der Waals surface area contributed by atoms with Crippen LogP contribution in [0.25, 0.3) is 27.8 Å². The Labute approximate surface area is 191 Å². The Morgan fingerprint density at radius 2 is 1.27 bits per heavy atom. The van der Waals surface area contributed by atoms with Crippen molar-refractivity contribution in [3.05, 3.63) is 97.1 Å². The fourth-order valence-corrected chi connectivity index (χ4v) is 3.51. The van der Waals surface area contributed by atoms with Crippen LogP contribution in [0.15, 0.2) is 97.1 Å². The van der Waals surface area contributed by atoms with Gasteiger partial charge < -0.3 is 11.1 Å². The highest BCUT2D eigenvalue weighted by molar-refractivity contribution is 5.90. The molecular formula is C24H19ClN4O4. The Morgan fingerprint density at radius 1 is 0.697 bits per heavy atom. The average Bonchev–Trinajstić information content (AvgIpc) is 2.78. The van der Waals surface area contributed by atoms with E-state index < -0.39 is 10.2 Å². The third-order valence-electron chi connectivity index (χ3n) is 4.82. The number of hydrogen-bond acceptors (Lipinski definition) is 7. The van der Waals surface area contributed by atoms with Gasteiger partial charge in [-0.05, 0) is 24.3 Å². The Morgan fingerprint density at radius 3 is 1.94 bits per heavy atom. The molecule has 0 aliphatic carbocycles. The molecule has 0 fully saturated rings. The van der Waals surface area contributed by atoms with Crippen molar-refractivity contribution in [1.29, 1.82) is 0 Å². The van der Waals surface area contributed by atoms with Crippen LogP contribution in [-0.4, -0.2) is 4.98 Å². The lowest BCUT2D eigenvalue weighted by atomic mass is 10.1. The van der Waals surface area contributed by atoms with Gasteiger partial charge in [0.1, 0.15) is 11.0 Å². The summed E-state index contributed by atoms with van der Waals surface area (Å²) in [7, 11) is -4.94. The molecule has 0 amide bonds. The Kier molecular flexibility index (Phi) is 6.36. The second-order valence-electron chi connectivity index (χ2n) is 7.07. The zero-order valence-electron chi connectivity index (χ0n) is 17.2. The Hall–Kier alpha value is -3.79. The van der Waals surface area contributed by atoms with Crippen molar-refractivity contribution in [3.8, 4) is 5.69 Å². The van der Waals surface area contributed by atoms with E-state index in [0.717, 1.165) is 39.1 Å². The number of benzene rings is 4. The Bertz CT molecular complexity index is 1390. The van der Waals surface area contributed by atoms with Crippen molar-refractivity contribution in [2.24, 2.45) is 0 Å². The van der Waals surface area contributed by atoms with Crippen LogP contribution < -0.4 is 34.3 Å². The van der Waals surface area contributed by atoms with Gasteiger partial charge >= 0.3 is 0 Å². The molecule has 33 heavy (non-hydrogen) atoms. The van der Waals surface area contributed by atoms with E-state index in [2.05, 4.69) is 34.1 Å². The fraction of sp³-hybridized carbons (Fsp3) is 0. The van der Waals surface area contributed by atoms with Crippen molar-refractivity contribution in [3.63, 3.8) is 0 Å². The van der Waals surface area contributed by atoms with E-state index in [0.29, 0.717) is 5.69 Å². The minimum atomic E-state index is -4.94. The van der Waals surface area contributed by atoms with Crippen molar-refractivity contribution in [2.45, 2.75) is 0 Å². The van der Waals surface area contributed by atoms with E-state index in [1.54, 1.807) is 0 Å². The number of rotatable bonds is 3. The molecule has 166 valence electrons. The Balaban J connectivity index is 0.000000471. The van der Waals surface area contributed by atoms with Gasteiger partial charge in [0.15, 0.2) is 0 Å². The summed E-state index contributed by atoms with van der Waals surface area (Å²) in [4.78, 5) is 4.84. The van der Waals surface area contributed by atoms with Crippen LogP contribution in [0.2, 0.25) is 0 Å². The van der Waals surface area contributed by atoms with Crippen molar-refractivity contribution in [2.75, 3.05) is 11.1 Å². The molecule has 0 unspecified atom stereocenters.